The summed E-state index contributed by atoms with van der Waals surface area (Å²) in [6.07, 6.45) is 5.35. The maximum absolute atomic E-state index is 14.6. The molecule has 0 atom stereocenters. The van der Waals surface area contributed by atoms with Gasteiger partial charge in [-0.15, -0.1) is 0 Å². The molecular weight excluding hydrogens is 371 g/mol. The molecule has 0 unspecified atom stereocenters. The summed E-state index contributed by atoms with van der Waals surface area (Å²) in [5, 5.41) is 0.796. The zero-order chi connectivity index (χ0) is 20.4. The van der Waals surface area contributed by atoms with Gasteiger partial charge in [-0.05, 0) is 31.0 Å². The Hall–Kier alpha value is -3.02. The van der Waals surface area contributed by atoms with Crippen LogP contribution in [0.2, 0.25) is 0 Å². The first kappa shape index (κ1) is 19.3. The van der Waals surface area contributed by atoms with Crippen molar-refractivity contribution < 1.29 is 18.7 Å². The molecule has 152 valence electrons. The number of aromatic amines is 1. The number of nitrogens with one attached hydrogen (secondary N) is 1. The lowest BCUT2D eigenvalue weighted by Crippen LogP contribution is -2.34. The van der Waals surface area contributed by atoms with Gasteiger partial charge in [-0.25, -0.2) is 9.18 Å². The molecule has 1 aromatic heterocycles. The van der Waals surface area contributed by atoms with Crippen molar-refractivity contribution in [2.45, 2.75) is 38.1 Å². The lowest BCUT2D eigenvalue weighted by atomic mass is 9.93. The predicted molar refractivity (Wildman–Crippen MR) is 112 cm³/mol. The Morgan fingerprint density at radius 2 is 1.86 bits per heavy atom. The average Bonchev–Trinajstić information content (AvgIpc) is 3.13. The first-order valence-corrected chi connectivity index (χ1v) is 9.96. The molecule has 1 N–H and O–H groups in total. The summed E-state index contributed by atoms with van der Waals surface area (Å²) in [7, 11) is 2.83. The number of benzene rings is 2. The number of hydrogen-bond acceptors (Lipinski definition) is 4. The molecule has 0 aliphatic heterocycles. The van der Waals surface area contributed by atoms with E-state index < -0.39 is 11.8 Å². The highest BCUT2D eigenvalue weighted by molar-refractivity contribution is 6.10. The molecule has 4 rings (SSSR count). The summed E-state index contributed by atoms with van der Waals surface area (Å²) in [5.41, 5.74) is 2.01. The fourth-order valence-electron chi connectivity index (χ4n) is 4.28. The van der Waals surface area contributed by atoms with Crippen molar-refractivity contribution >= 4 is 28.4 Å². The van der Waals surface area contributed by atoms with Gasteiger partial charge in [0.1, 0.15) is 11.4 Å². The Bertz CT molecular complexity index is 1020. The molecule has 5 nitrogen and oxygen atoms in total. The summed E-state index contributed by atoms with van der Waals surface area (Å²) in [6.45, 7) is 0. The molecular formula is C23H25FN2O3. The van der Waals surface area contributed by atoms with Crippen LogP contribution in [0.1, 0.15) is 42.5 Å². The van der Waals surface area contributed by atoms with E-state index in [9.17, 15) is 9.18 Å². The van der Waals surface area contributed by atoms with Crippen LogP contribution in [0, 0.1) is 5.82 Å². The van der Waals surface area contributed by atoms with E-state index in [0.29, 0.717) is 17.1 Å². The van der Waals surface area contributed by atoms with E-state index in [2.05, 4.69) is 9.88 Å². The molecule has 6 heteroatoms. The second-order valence-corrected chi connectivity index (χ2v) is 7.37. The minimum atomic E-state index is -0.429. The van der Waals surface area contributed by atoms with Gasteiger partial charge in [-0.2, -0.15) is 0 Å². The average molecular weight is 396 g/mol. The molecule has 1 heterocycles. The minimum absolute atomic E-state index is 0.160. The number of para-hydroxylation sites is 1. The Kier molecular flexibility index (Phi) is 5.43. The molecule has 2 aromatic carbocycles. The zero-order valence-corrected chi connectivity index (χ0v) is 16.7. The van der Waals surface area contributed by atoms with Crippen molar-refractivity contribution in [1.82, 2.24) is 4.98 Å². The standard InChI is InChI=1S/C23H25FN2O3/c1-28-20-13-12-16(14-18(20)24)26(15-8-4-3-5-9-15)22-21(23(27)29-2)17-10-6-7-11-19(17)25-22/h6-7,10-15,25H,3-5,8-9H2,1-2H3. The number of fused-ring (bicyclic) bond motifs is 1. The lowest BCUT2D eigenvalue weighted by Gasteiger charge is -2.36. The Morgan fingerprint density at radius 3 is 2.55 bits per heavy atom. The number of halogens is 1. The van der Waals surface area contributed by atoms with Gasteiger partial charge in [0.05, 0.1) is 14.2 Å². The fourth-order valence-corrected chi connectivity index (χ4v) is 4.28. The summed E-state index contributed by atoms with van der Waals surface area (Å²) in [5.74, 6) is 0.00507. The van der Waals surface area contributed by atoms with Crippen molar-refractivity contribution in [3.63, 3.8) is 0 Å². The van der Waals surface area contributed by atoms with Crippen molar-refractivity contribution in [2.75, 3.05) is 19.1 Å². The number of methoxy groups -OCH3 is 2. The number of hydrogen-bond donors (Lipinski definition) is 1. The number of nitrogens with zero attached hydrogens (tertiary/aromatic N) is 1. The van der Waals surface area contributed by atoms with Crippen LogP contribution < -0.4 is 9.64 Å². The van der Waals surface area contributed by atoms with E-state index in [0.717, 1.165) is 36.6 Å². The van der Waals surface area contributed by atoms with Crippen LogP contribution in [-0.4, -0.2) is 31.2 Å². The molecule has 0 radical (unpaired) electrons. The number of carbonyl (C=O) groups excluding carboxylic acids is 1. The molecule has 0 amide bonds. The van der Waals surface area contributed by atoms with Gasteiger partial charge in [0.2, 0.25) is 0 Å². The van der Waals surface area contributed by atoms with Crippen LogP contribution >= 0.6 is 0 Å². The maximum Gasteiger partial charge on any atom is 0.342 e. The Morgan fingerprint density at radius 1 is 1.10 bits per heavy atom. The Balaban J connectivity index is 1.92. The van der Waals surface area contributed by atoms with E-state index in [4.69, 9.17) is 9.47 Å². The first-order valence-electron chi connectivity index (χ1n) is 9.96. The molecule has 0 bridgehead atoms. The zero-order valence-electron chi connectivity index (χ0n) is 16.7. The first-order chi connectivity index (χ1) is 14.1. The number of ether oxygens (including phenoxy) is 2. The summed E-state index contributed by atoms with van der Waals surface area (Å²) in [4.78, 5) is 18.2. The molecule has 1 aliphatic rings. The van der Waals surface area contributed by atoms with Gasteiger partial charge in [-0.1, -0.05) is 37.5 Å². The van der Waals surface area contributed by atoms with Crippen LogP contribution in [0.5, 0.6) is 5.75 Å². The molecule has 29 heavy (non-hydrogen) atoms. The molecule has 0 spiro atoms. The smallest absolute Gasteiger partial charge is 0.342 e. The number of H-pyrrole nitrogens is 1. The third-order valence-corrected chi connectivity index (χ3v) is 5.67. The highest BCUT2D eigenvalue weighted by Crippen LogP contribution is 2.39. The van der Waals surface area contributed by atoms with Gasteiger partial charge in [0.25, 0.3) is 0 Å². The number of carbonyl (C=O) groups is 1. The summed E-state index contributed by atoms with van der Waals surface area (Å²) >= 11 is 0. The number of anilines is 2. The molecule has 1 fully saturated rings. The van der Waals surface area contributed by atoms with Gasteiger partial charge in [0.15, 0.2) is 11.6 Å². The topological polar surface area (TPSA) is 54.6 Å². The summed E-state index contributed by atoms with van der Waals surface area (Å²) < 4.78 is 24.8. The van der Waals surface area contributed by atoms with Crippen molar-refractivity contribution in [1.29, 1.82) is 0 Å². The van der Waals surface area contributed by atoms with Gasteiger partial charge in [0, 0.05) is 28.7 Å². The normalized spacial score (nSPS) is 14.7. The number of aromatic nitrogens is 1. The van der Waals surface area contributed by atoms with Crippen molar-refractivity contribution in [2.24, 2.45) is 0 Å². The van der Waals surface area contributed by atoms with E-state index in [1.54, 1.807) is 6.07 Å². The van der Waals surface area contributed by atoms with Crippen LogP contribution in [0.15, 0.2) is 42.5 Å². The predicted octanol–water partition coefficient (Wildman–Crippen LogP) is 5.57. The van der Waals surface area contributed by atoms with Crippen LogP contribution in [0.25, 0.3) is 10.9 Å². The lowest BCUT2D eigenvalue weighted by molar-refractivity contribution is 0.0603. The largest absolute Gasteiger partial charge is 0.494 e. The molecule has 0 saturated heterocycles. The third-order valence-electron chi connectivity index (χ3n) is 5.67. The monoisotopic (exact) mass is 396 g/mol. The fraction of sp³-hybridized carbons (Fsp3) is 0.348. The van der Waals surface area contributed by atoms with E-state index >= 15 is 0 Å². The second kappa shape index (κ2) is 8.15. The molecule has 1 aliphatic carbocycles. The quantitative estimate of drug-likeness (QED) is 0.573. The van der Waals surface area contributed by atoms with Gasteiger partial charge >= 0.3 is 5.97 Å². The SMILES string of the molecule is COC(=O)c1c(N(c2ccc(OC)c(F)c2)C2CCCCC2)[nH]c2ccccc12. The van der Waals surface area contributed by atoms with Crippen LogP contribution in [0.3, 0.4) is 0 Å². The van der Waals surface area contributed by atoms with Crippen molar-refractivity contribution in [3.05, 3.63) is 53.8 Å². The Labute approximate surface area is 169 Å². The molecule has 1 saturated carbocycles. The van der Waals surface area contributed by atoms with Crippen molar-refractivity contribution in [3.8, 4) is 5.75 Å². The van der Waals surface area contributed by atoms with Crippen LogP contribution in [-0.2, 0) is 4.74 Å². The number of esters is 1. The van der Waals surface area contributed by atoms with Gasteiger partial charge < -0.3 is 19.4 Å². The highest BCUT2D eigenvalue weighted by atomic mass is 19.1. The minimum Gasteiger partial charge on any atom is -0.494 e. The second-order valence-electron chi connectivity index (χ2n) is 7.37. The molecule has 3 aromatic rings. The van der Waals surface area contributed by atoms with Crippen LogP contribution in [0.4, 0.5) is 15.9 Å². The summed E-state index contributed by atoms with van der Waals surface area (Å²) in [6, 6.07) is 12.7. The van der Waals surface area contributed by atoms with E-state index in [1.807, 2.05) is 30.3 Å². The highest BCUT2D eigenvalue weighted by Gasteiger charge is 2.30. The van der Waals surface area contributed by atoms with E-state index in [-0.39, 0.29) is 11.8 Å². The van der Waals surface area contributed by atoms with Gasteiger partial charge in [-0.3, -0.25) is 0 Å². The van der Waals surface area contributed by atoms with E-state index in [1.165, 1.54) is 26.7 Å². The maximum atomic E-state index is 14.6. The number of rotatable bonds is 5. The third kappa shape index (κ3) is 3.55.